The fourth-order valence-electron chi connectivity index (χ4n) is 0.883. The number of hydrogen-bond acceptors (Lipinski definition) is 3. The van der Waals surface area contributed by atoms with E-state index in [2.05, 4.69) is 0 Å². The third-order valence-corrected chi connectivity index (χ3v) is 3.82. The van der Waals surface area contributed by atoms with Crippen LogP contribution in [0.15, 0.2) is 29.2 Å². The largest absolute Gasteiger partial charge is 0.416 e. The Labute approximate surface area is 94.4 Å². The van der Waals surface area contributed by atoms with Crippen LogP contribution in [0.5, 0.6) is 0 Å². The molecule has 0 amide bonds. The fraction of sp³-hybridized carbons (Fsp3) is 0.250. The molecule has 0 atom stereocenters. The van der Waals surface area contributed by atoms with Crippen molar-refractivity contribution in [2.45, 2.75) is 11.1 Å². The van der Waals surface area contributed by atoms with Crippen LogP contribution in [0, 0.1) is 0 Å². The number of halogens is 3. The molecule has 1 aromatic rings. The van der Waals surface area contributed by atoms with Crippen LogP contribution in [0.4, 0.5) is 13.2 Å². The van der Waals surface area contributed by atoms with E-state index < -0.39 is 26.9 Å². The lowest BCUT2D eigenvalue weighted by Gasteiger charge is -2.06. The quantitative estimate of drug-likeness (QED) is 0.679. The second-order valence-electron chi connectivity index (χ2n) is 2.87. The highest BCUT2D eigenvalue weighted by Gasteiger charge is 2.29. The van der Waals surface area contributed by atoms with E-state index >= 15 is 0 Å². The lowest BCUT2D eigenvalue weighted by Crippen LogP contribution is -2.04. The van der Waals surface area contributed by atoms with Crippen LogP contribution < -0.4 is 0 Å². The normalized spacial score (nSPS) is 12.8. The molecule has 3 nitrogen and oxygen atoms in total. The van der Waals surface area contributed by atoms with Crippen molar-refractivity contribution in [3.05, 3.63) is 29.8 Å². The monoisotopic (exact) mass is 272 g/mol. The summed E-state index contributed by atoms with van der Waals surface area (Å²) >= 11 is 0.741. The second kappa shape index (κ2) is 4.64. The van der Waals surface area contributed by atoms with Gasteiger partial charge < -0.3 is 0 Å². The van der Waals surface area contributed by atoms with E-state index in [9.17, 15) is 21.6 Å². The highest BCUT2D eigenvalue weighted by Crippen LogP contribution is 2.30. The molecule has 0 saturated carbocycles. The van der Waals surface area contributed by atoms with E-state index in [1.165, 1.54) is 0 Å². The molecule has 1 aromatic carbocycles. The SMILES string of the molecule is O=S(=O)(O)CSc1ccc(C(F)(F)F)cc1. The standard InChI is InChI=1S/C8H7F3O3S2/c9-8(10,11)6-1-3-7(4-2-6)15-5-16(12,13)14/h1-4H,5H2,(H,12,13,14). The van der Waals surface area contributed by atoms with Crippen LogP contribution in [0.25, 0.3) is 0 Å². The minimum atomic E-state index is -4.41. The lowest BCUT2D eigenvalue weighted by molar-refractivity contribution is -0.137. The summed E-state index contributed by atoms with van der Waals surface area (Å²) in [7, 11) is -4.12. The van der Waals surface area contributed by atoms with Gasteiger partial charge >= 0.3 is 6.18 Å². The molecule has 0 aliphatic rings. The van der Waals surface area contributed by atoms with Gasteiger partial charge in [0.2, 0.25) is 0 Å². The number of rotatable bonds is 3. The molecule has 0 bridgehead atoms. The van der Waals surface area contributed by atoms with Crippen LogP contribution >= 0.6 is 11.8 Å². The van der Waals surface area contributed by atoms with Crippen molar-refractivity contribution in [2.75, 3.05) is 5.08 Å². The first-order valence-electron chi connectivity index (χ1n) is 3.94. The molecule has 0 radical (unpaired) electrons. The molecular formula is C8H7F3O3S2. The van der Waals surface area contributed by atoms with E-state index in [1.807, 2.05) is 0 Å². The molecule has 0 unspecified atom stereocenters. The van der Waals surface area contributed by atoms with Crippen molar-refractivity contribution in [3.63, 3.8) is 0 Å². The van der Waals surface area contributed by atoms with Gasteiger partial charge in [-0.1, -0.05) is 0 Å². The van der Waals surface area contributed by atoms with Crippen molar-refractivity contribution < 1.29 is 26.1 Å². The zero-order valence-electron chi connectivity index (χ0n) is 7.73. The van der Waals surface area contributed by atoms with E-state index in [1.54, 1.807) is 0 Å². The molecule has 0 aliphatic heterocycles. The van der Waals surface area contributed by atoms with E-state index in [-0.39, 0.29) is 0 Å². The smallest absolute Gasteiger partial charge is 0.285 e. The minimum absolute atomic E-state index is 0.339. The second-order valence-corrected chi connectivity index (χ2v) is 5.73. The van der Waals surface area contributed by atoms with Crippen molar-refractivity contribution in [1.82, 2.24) is 0 Å². The van der Waals surface area contributed by atoms with Gasteiger partial charge in [-0.25, -0.2) is 0 Å². The number of hydrogen-bond donors (Lipinski definition) is 1. The molecule has 0 heterocycles. The molecule has 0 aliphatic carbocycles. The summed E-state index contributed by atoms with van der Waals surface area (Å²) in [6.07, 6.45) is -4.41. The van der Waals surface area contributed by atoms with Crippen molar-refractivity contribution in [2.24, 2.45) is 0 Å². The maximum Gasteiger partial charge on any atom is 0.416 e. The predicted molar refractivity (Wildman–Crippen MR) is 53.7 cm³/mol. The molecule has 0 fully saturated rings. The minimum Gasteiger partial charge on any atom is -0.285 e. The highest BCUT2D eigenvalue weighted by atomic mass is 32.3. The maximum absolute atomic E-state index is 12.2. The Hall–Kier alpha value is -0.730. The van der Waals surface area contributed by atoms with Gasteiger partial charge in [0.1, 0.15) is 5.08 Å². The van der Waals surface area contributed by atoms with Gasteiger partial charge in [-0.15, -0.1) is 11.8 Å². The van der Waals surface area contributed by atoms with Gasteiger partial charge in [0.15, 0.2) is 0 Å². The van der Waals surface area contributed by atoms with Gasteiger partial charge in [-0.2, -0.15) is 21.6 Å². The first-order chi connectivity index (χ1) is 7.18. The van der Waals surface area contributed by atoms with Crippen LogP contribution in [0.2, 0.25) is 0 Å². The fourth-order valence-corrected chi connectivity index (χ4v) is 2.35. The van der Waals surface area contributed by atoms with Gasteiger partial charge in [-0.05, 0) is 24.3 Å². The molecular weight excluding hydrogens is 265 g/mol. The van der Waals surface area contributed by atoms with Crippen molar-refractivity contribution >= 4 is 21.9 Å². The van der Waals surface area contributed by atoms with Crippen molar-refractivity contribution in [3.8, 4) is 0 Å². The molecule has 8 heteroatoms. The third-order valence-electron chi connectivity index (χ3n) is 1.56. The predicted octanol–water partition coefficient (Wildman–Crippen LogP) is 2.64. The highest BCUT2D eigenvalue weighted by molar-refractivity contribution is 8.10. The third kappa shape index (κ3) is 4.42. The first kappa shape index (κ1) is 13.3. The van der Waals surface area contributed by atoms with Gasteiger partial charge in [0, 0.05) is 4.90 Å². The molecule has 0 spiro atoms. The Bertz CT molecular complexity index is 450. The average molecular weight is 272 g/mol. The summed E-state index contributed by atoms with van der Waals surface area (Å²) in [6, 6.07) is 4.01. The van der Waals surface area contributed by atoms with E-state index in [0.29, 0.717) is 4.90 Å². The summed E-state index contributed by atoms with van der Waals surface area (Å²) < 4.78 is 65.7. The number of alkyl halides is 3. The molecule has 0 saturated heterocycles. The van der Waals surface area contributed by atoms with Crippen molar-refractivity contribution in [1.29, 1.82) is 0 Å². The first-order valence-corrected chi connectivity index (χ1v) is 6.53. The lowest BCUT2D eigenvalue weighted by atomic mass is 10.2. The zero-order valence-corrected chi connectivity index (χ0v) is 9.36. The molecule has 0 aromatic heterocycles. The molecule has 90 valence electrons. The molecule has 1 N–H and O–H groups in total. The summed E-state index contributed by atoms with van der Waals surface area (Å²) in [6.45, 7) is 0. The van der Waals surface area contributed by atoms with E-state index in [4.69, 9.17) is 4.55 Å². The van der Waals surface area contributed by atoms with Gasteiger partial charge in [0.05, 0.1) is 5.56 Å². The molecule has 16 heavy (non-hydrogen) atoms. The van der Waals surface area contributed by atoms with Crippen LogP contribution in [0.3, 0.4) is 0 Å². The van der Waals surface area contributed by atoms with Crippen LogP contribution in [-0.2, 0) is 16.3 Å². The summed E-state index contributed by atoms with van der Waals surface area (Å²) in [5.41, 5.74) is -0.802. The summed E-state index contributed by atoms with van der Waals surface area (Å²) in [4.78, 5) is 0.339. The summed E-state index contributed by atoms with van der Waals surface area (Å²) in [5, 5.41) is -0.585. The average Bonchev–Trinajstić information content (AvgIpc) is 2.13. The topological polar surface area (TPSA) is 54.4 Å². The molecule has 1 rings (SSSR count). The Morgan fingerprint density at radius 2 is 1.69 bits per heavy atom. The van der Waals surface area contributed by atoms with Crippen LogP contribution in [0.1, 0.15) is 5.56 Å². The van der Waals surface area contributed by atoms with Gasteiger partial charge in [0.25, 0.3) is 10.1 Å². The summed E-state index contributed by atoms with van der Waals surface area (Å²) in [5.74, 6) is 0. The Kier molecular flexibility index (Phi) is 3.87. The van der Waals surface area contributed by atoms with Crippen LogP contribution in [-0.4, -0.2) is 18.1 Å². The zero-order chi connectivity index (χ0) is 12.4. The Morgan fingerprint density at radius 1 is 1.19 bits per heavy atom. The maximum atomic E-state index is 12.2. The number of benzene rings is 1. The Morgan fingerprint density at radius 3 is 2.06 bits per heavy atom. The van der Waals surface area contributed by atoms with Gasteiger partial charge in [-0.3, -0.25) is 4.55 Å². The number of thioether (sulfide) groups is 1. The Balaban J connectivity index is 2.73. The van der Waals surface area contributed by atoms with E-state index in [0.717, 1.165) is 36.0 Å².